The van der Waals surface area contributed by atoms with E-state index in [0.717, 1.165) is 17.1 Å². The van der Waals surface area contributed by atoms with Gasteiger partial charge in [-0.25, -0.2) is 9.86 Å². The van der Waals surface area contributed by atoms with Gasteiger partial charge in [0.2, 0.25) is 0 Å². The first-order chi connectivity index (χ1) is 17.0. The molecule has 1 fully saturated rings. The quantitative estimate of drug-likeness (QED) is 0.142. The van der Waals surface area contributed by atoms with Crippen molar-refractivity contribution >= 4 is 39.1 Å². The summed E-state index contributed by atoms with van der Waals surface area (Å²) >= 11 is 3.45. The molecule has 0 spiro atoms. The predicted octanol–water partition coefficient (Wildman–Crippen LogP) is 4.72. The van der Waals surface area contributed by atoms with Crippen LogP contribution in [0.5, 0.6) is 5.75 Å². The Labute approximate surface area is 210 Å². The number of ether oxygens (including phenoxy) is 2. The molecule has 0 saturated carbocycles. The van der Waals surface area contributed by atoms with Crippen LogP contribution in [0.2, 0.25) is 0 Å². The number of nitrogens with zero attached hydrogens (tertiary/aromatic N) is 3. The minimum Gasteiger partial charge on any atom is -0.497 e. The summed E-state index contributed by atoms with van der Waals surface area (Å²) in [4.78, 5) is 35.5. The van der Waals surface area contributed by atoms with Crippen LogP contribution in [0.15, 0.2) is 83.3 Å². The Balaban J connectivity index is 1.92. The van der Waals surface area contributed by atoms with Crippen LogP contribution < -0.4 is 9.80 Å². The zero-order valence-electron chi connectivity index (χ0n) is 19.0. The minimum absolute atomic E-state index is 0.583. The third-order valence-electron chi connectivity index (χ3n) is 5.81. The minimum atomic E-state index is -1.03. The van der Waals surface area contributed by atoms with Crippen molar-refractivity contribution in [2.24, 2.45) is 5.92 Å². The maximum atomic E-state index is 13.8. The fourth-order valence-corrected chi connectivity index (χ4v) is 4.44. The van der Waals surface area contributed by atoms with E-state index in [1.165, 1.54) is 0 Å². The van der Waals surface area contributed by atoms with Crippen LogP contribution in [0.3, 0.4) is 0 Å². The molecule has 8 nitrogen and oxygen atoms in total. The van der Waals surface area contributed by atoms with E-state index in [0.29, 0.717) is 17.0 Å². The number of carbonyl (C=O) groups excluding carboxylic acids is 2. The van der Waals surface area contributed by atoms with E-state index < -0.39 is 35.5 Å². The van der Waals surface area contributed by atoms with Crippen molar-refractivity contribution in [1.29, 1.82) is 0 Å². The lowest BCUT2D eigenvalue weighted by atomic mass is 9.81. The summed E-state index contributed by atoms with van der Waals surface area (Å²) in [6.07, 6.45) is -0.826. The molecule has 1 aliphatic rings. The molecule has 9 heteroatoms. The van der Waals surface area contributed by atoms with Crippen molar-refractivity contribution in [3.63, 3.8) is 0 Å². The fourth-order valence-electron chi connectivity index (χ4n) is 4.18. The topological polar surface area (TPSA) is 101 Å². The number of hydrogen-bond donors (Lipinski definition) is 0. The van der Waals surface area contributed by atoms with Gasteiger partial charge in [-0.3, -0.25) is 9.63 Å². The van der Waals surface area contributed by atoms with Gasteiger partial charge >= 0.3 is 11.7 Å². The number of ketones is 1. The van der Waals surface area contributed by atoms with Crippen LogP contribution in [0.25, 0.3) is 5.53 Å². The number of para-hydroxylation sites is 1. The highest BCUT2D eigenvalue weighted by atomic mass is 79.9. The number of carbonyl (C=O) groups is 2. The Morgan fingerprint density at radius 3 is 2.31 bits per heavy atom. The second-order valence-corrected chi connectivity index (χ2v) is 8.71. The van der Waals surface area contributed by atoms with Crippen molar-refractivity contribution in [3.8, 4) is 5.75 Å². The Hall–Kier alpha value is -3.78. The second-order valence-electron chi connectivity index (χ2n) is 7.79. The van der Waals surface area contributed by atoms with Crippen molar-refractivity contribution in [3.05, 3.63) is 100.0 Å². The summed E-state index contributed by atoms with van der Waals surface area (Å²) in [5.74, 6) is -2.12. The van der Waals surface area contributed by atoms with Gasteiger partial charge in [0.25, 0.3) is 5.78 Å². The molecule has 3 aromatic carbocycles. The molecule has 1 saturated heterocycles. The number of halogens is 1. The molecule has 0 amide bonds. The Bertz CT molecular complexity index is 1280. The zero-order chi connectivity index (χ0) is 24.9. The first kappa shape index (κ1) is 24.3. The highest BCUT2D eigenvalue weighted by Crippen LogP contribution is 2.49. The lowest BCUT2D eigenvalue weighted by Gasteiger charge is -2.26. The van der Waals surface area contributed by atoms with E-state index in [1.807, 2.05) is 60.7 Å². The first-order valence-corrected chi connectivity index (χ1v) is 11.5. The van der Waals surface area contributed by atoms with Crippen LogP contribution in [0, 0.1) is 5.92 Å². The normalized spacial score (nSPS) is 19.1. The molecule has 0 aliphatic carbocycles. The molecule has 1 heterocycles. The van der Waals surface area contributed by atoms with Gasteiger partial charge in [-0.05, 0) is 47.5 Å². The SMILES string of the molecule is COC(=O)C(=[N+]=[N-])C(=O)[C@@H]1[C@@H](c2cccc(OC)c2)ON(c2ccccc2)[C@H]1c1ccc(Br)cc1. The summed E-state index contributed by atoms with van der Waals surface area (Å²) < 4.78 is 10.9. The van der Waals surface area contributed by atoms with Gasteiger partial charge in [0, 0.05) is 4.47 Å². The number of anilines is 1. The molecule has 0 N–H and O–H groups in total. The van der Waals surface area contributed by atoms with E-state index in [9.17, 15) is 15.1 Å². The molecule has 178 valence electrons. The fraction of sp³-hybridized carbons (Fsp3) is 0.192. The third kappa shape index (κ3) is 4.88. The molecule has 3 aromatic rings. The number of benzene rings is 3. The standard InChI is InChI=1S/C26H22BrN3O5/c1-33-20-10-6-7-17(15-20)25-21(24(31)22(29-28)26(32)34-2)23(16-11-13-18(27)14-12-16)30(35-25)19-8-4-3-5-9-19/h3-15,21,23,25H,1-2H3/t21-,23+,25-/m1/s1. The van der Waals surface area contributed by atoms with Gasteiger partial charge in [0.15, 0.2) is 0 Å². The first-order valence-electron chi connectivity index (χ1n) is 10.7. The van der Waals surface area contributed by atoms with Crippen LogP contribution in [-0.2, 0) is 19.2 Å². The highest BCUT2D eigenvalue weighted by molar-refractivity contribution is 9.10. The number of hydroxylamine groups is 1. The third-order valence-corrected chi connectivity index (χ3v) is 6.33. The van der Waals surface area contributed by atoms with Gasteiger partial charge in [0.1, 0.15) is 11.9 Å². The van der Waals surface area contributed by atoms with Gasteiger partial charge in [-0.15, -0.1) is 0 Å². The van der Waals surface area contributed by atoms with E-state index in [4.69, 9.17) is 14.3 Å². The van der Waals surface area contributed by atoms with Gasteiger partial charge < -0.3 is 15.0 Å². The number of esters is 1. The lowest BCUT2D eigenvalue weighted by Crippen LogP contribution is -2.37. The summed E-state index contributed by atoms with van der Waals surface area (Å²) in [6, 6.07) is 23.3. The molecule has 3 atom stereocenters. The van der Waals surface area contributed by atoms with Crippen molar-refractivity contribution in [2.45, 2.75) is 12.1 Å². The van der Waals surface area contributed by atoms with E-state index in [-0.39, 0.29) is 0 Å². The maximum absolute atomic E-state index is 13.8. The maximum Gasteiger partial charge on any atom is 0.441 e. The molecule has 0 unspecified atom stereocenters. The number of rotatable bonds is 7. The van der Waals surface area contributed by atoms with Crippen molar-refractivity contribution < 1.29 is 28.7 Å². The summed E-state index contributed by atoms with van der Waals surface area (Å²) in [7, 11) is 2.67. The Morgan fingerprint density at radius 2 is 1.69 bits per heavy atom. The number of methoxy groups -OCH3 is 2. The number of Topliss-reactive ketones (excluding diaryl/α,β-unsaturated/α-hetero) is 1. The van der Waals surface area contributed by atoms with Crippen molar-refractivity contribution in [1.82, 2.24) is 0 Å². The molecule has 0 aromatic heterocycles. The summed E-state index contributed by atoms with van der Waals surface area (Å²) in [5, 5.41) is 1.65. The average Bonchev–Trinajstić information content (AvgIpc) is 3.30. The zero-order valence-corrected chi connectivity index (χ0v) is 20.6. The second kappa shape index (κ2) is 10.7. The van der Waals surface area contributed by atoms with Gasteiger partial charge in [0.05, 0.1) is 31.9 Å². The largest absolute Gasteiger partial charge is 0.497 e. The summed E-state index contributed by atoms with van der Waals surface area (Å²) in [6.45, 7) is 0. The highest BCUT2D eigenvalue weighted by Gasteiger charge is 2.53. The summed E-state index contributed by atoms with van der Waals surface area (Å²) in [5.41, 5.74) is 11.0. The average molecular weight is 536 g/mol. The van der Waals surface area contributed by atoms with E-state index in [1.54, 1.807) is 30.4 Å². The predicted molar refractivity (Wildman–Crippen MR) is 132 cm³/mol. The molecule has 0 radical (unpaired) electrons. The van der Waals surface area contributed by atoms with Crippen molar-refractivity contribution in [2.75, 3.05) is 19.3 Å². The monoisotopic (exact) mass is 535 g/mol. The van der Waals surface area contributed by atoms with E-state index >= 15 is 0 Å². The molecular formula is C26H22BrN3O5. The molecule has 35 heavy (non-hydrogen) atoms. The van der Waals surface area contributed by atoms with Crippen LogP contribution in [0.4, 0.5) is 5.69 Å². The lowest BCUT2D eigenvalue weighted by molar-refractivity contribution is -0.140. The van der Waals surface area contributed by atoms with Crippen LogP contribution in [0.1, 0.15) is 23.3 Å². The molecule has 1 aliphatic heterocycles. The van der Waals surface area contributed by atoms with E-state index in [2.05, 4.69) is 20.7 Å². The Kier molecular flexibility index (Phi) is 7.41. The molecule has 0 bridgehead atoms. The number of hydrogen-bond acceptors (Lipinski definition) is 6. The molecular weight excluding hydrogens is 514 g/mol. The molecule has 4 rings (SSSR count). The van der Waals surface area contributed by atoms with Crippen LogP contribution in [-0.4, -0.2) is 36.5 Å². The smallest absolute Gasteiger partial charge is 0.441 e. The van der Waals surface area contributed by atoms with Gasteiger partial charge in [-0.2, -0.15) is 4.79 Å². The Morgan fingerprint density at radius 1 is 0.971 bits per heavy atom. The van der Waals surface area contributed by atoms with Crippen LogP contribution >= 0.6 is 15.9 Å². The van der Waals surface area contributed by atoms with Gasteiger partial charge in [-0.1, -0.05) is 58.4 Å².